The van der Waals surface area contributed by atoms with Crippen LogP contribution in [0.25, 0.3) is 33.6 Å². The minimum Gasteiger partial charge on any atom is -0.465 e. The molecule has 4 aromatic carbocycles. The van der Waals surface area contributed by atoms with Crippen molar-refractivity contribution in [3.8, 4) is 33.6 Å². The predicted molar refractivity (Wildman–Crippen MR) is 224 cm³/mol. The second kappa shape index (κ2) is 17.9. The molecule has 4 atom stereocenters. The number of aromatic nitrogens is 4. The normalized spacial score (nSPS) is 17.3. The van der Waals surface area contributed by atoms with Gasteiger partial charge in [0.2, 0.25) is 0 Å². The lowest BCUT2D eigenvalue weighted by molar-refractivity contribution is -0.140. The lowest BCUT2D eigenvalue weighted by Crippen LogP contribution is -2.42. The summed E-state index contributed by atoms with van der Waals surface area (Å²) in [6, 6.07) is 28.0. The quantitative estimate of drug-likeness (QED) is 0.0858. The van der Waals surface area contributed by atoms with E-state index in [1.165, 1.54) is 12.0 Å². The maximum Gasteiger partial charge on any atom is 0.433 e. The molecule has 5 N–H and O–H groups in total. The van der Waals surface area contributed by atoms with Crippen LogP contribution in [0.4, 0.5) is 22.8 Å². The molecule has 0 spiro atoms. The zero-order valence-corrected chi connectivity index (χ0v) is 33.9. The Kier molecular flexibility index (Phi) is 12.0. The van der Waals surface area contributed by atoms with Crippen LogP contribution in [0.3, 0.4) is 0 Å². The first-order valence-corrected chi connectivity index (χ1v) is 20.4. The molecule has 0 radical (unpaired) electrons. The van der Waals surface area contributed by atoms with Crippen molar-refractivity contribution >= 4 is 24.0 Å². The van der Waals surface area contributed by atoms with E-state index in [4.69, 9.17) is 4.74 Å². The molecular formula is C46H43F3N8O6. The first kappa shape index (κ1) is 42.3. The van der Waals surface area contributed by atoms with Gasteiger partial charge in [0.15, 0.2) is 0 Å². The smallest absolute Gasteiger partial charge is 0.433 e. The van der Waals surface area contributed by atoms with Crippen LogP contribution in [-0.2, 0) is 20.5 Å². The number of rotatable bonds is 11. The Labute approximate surface area is 359 Å². The third-order valence-corrected chi connectivity index (χ3v) is 11.5. The van der Waals surface area contributed by atoms with Crippen molar-refractivity contribution in [3.63, 3.8) is 0 Å². The summed E-state index contributed by atoms with van der Waals surface area (Å²) in [5, 5.41) is 14.4. The van der Waals surface area contributed by atoms with Gasteiger partial charge in [0.1, 0.15) is 35.1 Å². The Morgan fingerprint density at radius 2 is 1.19 bits per heavy atom. The van der Waals surface area contributed by atoms with Crippen LogP contribution in [0.2, 0.25) is 0 Å². The molecule has 4 heterocycles. The van der Waals surface area contributed by atoms with Gasteiger partial charge in [0, 0.05) is 18.7 Å². The first-order valence-electron chi connectivity index (χ1n) is 20.4. The van der Waals surface area contributed by atoms with E-state index in [1.54, 1.807) is 90.0 Å². The molecule has 0 bridgehead atoms. The number of methoxy groups -OCH3 is 1. The number of nitrogens with zero attached hydrogens (tertiary/aromatic N) is 4. The monoisotopic (exact) mass is 860 g/mol. The number of H-pyrrole nitrogens is 2. The van der Waals surface area contributed by atoms with Gasteiger partial charge in [0.25, 0.3) is 11.8 Å². The van der Waals surface area contributed by atoms with Crippen LogP contribution >= 0.6 is 0 Å². The summed E-state index contributed by atoms with van der Waals surface area (Å²) in [5.74, 6) is -0.288. The summed E-state index contributed by atoms with van der Waals surface area (Å²) in [5.41, 5.74) is 3.01. The second-order valence-electron chi connectivity index (χ2n) is 15.3. The average molecular weight is 861 g/mol. The van der Waals surface area contributed by atoms with Crippen molar-refractivity contribution in [1.82, 2.24) is 40.4 Å². The van der Waals surface area contributed by atoms with E-state index < -0.39 is 48.1 Å². The number of alkyl carbamates (subject to hydrolysis) is 1. The molecule has 2 aliphatic heterocycles. The molecule has 63 heavy (non-hydrogen) atoms. The van der Waals surface area contributed by atoms with Crippen LogP contribution < -0.4 is 10.6 Å². The van der Waals surface area contributed by atoms with Crippen LogP contribution in [0, 0.1) is 0 Å². The number of amides is 4. The minimum absolute atomic E-state index is 0.0360. The third kappa shape index (κ3) is 8.98. The Balaban J connectivity index is 0.982. The summed E-state index contributed by atoms with van der Waals surface area (Å²) in [6.07, 6.45) is -2.95. The van der Waals surface area contributed by atoms with Crippen molar-refractivity contribution in [1.29, 1.82) is 0 Å². The fraction of sp³-hybridized carbons (Fsp3) is 0.261. The average Bonchev–Trinajstić information content (AvgIpc) is 4.14. The van der Waals surface area contributed by atoms with Gasteiger partial charge in [-0.1, -0.05) is 109 Å². The fourth-order valence-corrected chi connectivity index (χ4v) is 8.41. The van der Waals surface area contributed by atoms with E-state index in [9.17, 15) is 37.5 Å². The topological polar surface area (TPSA) is 186 Å². The molecule has 2 saturated heterocycles. The number of imidazole rings is 2. The number of halogens is 3. The number of benzene rings is 4. The van der Waals surface area contributed by atoms with E-state index in [-0.39, 0.29) is 35.6 Å². The zero-order valence-electron chi connectivity index (χ0n) is 33.9. The van der Waals surface area contributed by atoms with Crippen LogP contribution in [-0.4, -0.2) is 79.0 Å². The number of hydrogen-bond donors (Lipinski definition) is 5. The van der Waals surface area contributed by atoms with Gasteiger partial charge in [-0.3, -0.25) is 9.59 Å². The third-order valence-electron chi connectivity index (χ3n) is 11.5. The van der Waals surface area contributed by atoms with E-state index >= 15 is 0 Å². The van der Waals surface area contributed by atoms with Crippen molar-refractivity contribution in [2.75, 3.05) is 20.2 Å². The summed E-state index contributed by atoms with van der Waals surface area (Å²) < 4.78 is 48.4. The van der Waals surface area contributed by atoms with Gasteiger partial charge < -0.3 is 40.2 Å². The molecule has 2 aliphatic rings. The maximum atomic E-state index is 14.5. The molecule has 2 aromatic heterocycles. The number of ether oxygens (including phenoxy) is 1. The van der Waals surface area contributed by atoms with E-state index in [0.29, 0.717) is 42.8 Å². The van der Waals surface area contributed by atoms with Gasteiger partial charge in [-0.2, -0.15) is 13.2 Å². The Morgan fingerprint density at radius 3 is 1.70 bits per heavy atom. The van der Waals surface area contributed by atoms with E-state index in [1.807, 2.05) is 30.3 Å². The highest BCUT2D eigenvalue weighted by Crippen LogP contribution is 2.41. The highest BCUT2D eigenvalue weighted by molar-refractivity contribution is 5.88. The second-order valence-corrected chi connectivity index (χ2v) is 15.3. The highest BCUT2D eigenvalue weighted by Gasteiger charge is 2.42. The Morgan fingerprint density at radius 1 is 0.698 bits per heavy atom. The fourth-order valence-electron chi connectivity index (χ4n) is 8.41. The Hall–Kier alpha value is -7.43. The molecule has 324 valence electrons. The number of alkyl halides is 3. The molecule has 2 fully saturated rings. The van der Waals surface area contributed by atoms with E-state index in [0.717, 1.165) is 28.8 Å². The van der Waals surface area contributed by atoms with Gasteiger partial charge in [-0.15, -0.1) is 0 Å². The number of aromatic amines is 2. The van der Waals surface area contributed by atoms with E-state index in [2.05, 4.69) is 30.6 Å². The molecule has 17 heteroatoms. The van der Waals surface area contributed by atoms with Gasteiger partial charge in [0.05, 0.1) is 31.1 Å². The predicted octanol–water partition coefficient (Wildman–Crippen LogP) is 8.59. The van der Waals surface area contributed by atoms with Gasteiger partial charge in [-0.05, 0) is 53.5 Å². The number of likely N-dealkylation sites (tertiary alicyclic amines) is 2. The minimum atomic E-state index is -4.79. The summed E-state index contributed by atoms with van der Waals surface area (Å²) >= 11 is 0. The summed E-state index contributed by atoms with van der Waals surface area (Å²) in [6.45, 7) is 0.704. The molecular weight excluding hydrogens is 818 g/mol. The molecule has 6 aromatic rings. The van der Waals surface area contributed by atoms with Crippen molar-refractivity contribution < 1.29 is 42.2 Å². The van der Waals surface area contributed by atoms with Crippen molar-refractivity contribution in [2.45, 2.75) is 56.0 Å². The lowest BCUT2D eigenvalue weighted by atomic mass is 10.0. The Bertz CT molecular complexity index is 2580. The zero-order chi connectivity index (χ0) is 44.3. The first-order chi connectivity index (χ1) is 30.4. The lowest BCUT2D eigenvalue weighted by Gasteiger charge is -2.28. The molecule has 0 saturated carbocycles. The van der Waals surface area contributed by atoms with Crippen molar-refractivity contribution in [3.05, 3.63) is 144 Å². The van der Waals surface area contributed by atoms with Crippen molar-refractivity contribution in [2.24, 2.45) is 0 Å². The number of nitrogens with one attached hydrogen (secondary N) is 4. The molecule has 0 unspecified atom stereocenters. The number of carboxylic acid groups (broad SMARTS) is 1. The van der Waals surface area contributed by atoms with Crippen LogP contribution in [0.5, 0.6) is 0 Å². The molecule has 8 rings (SSSR count). The van der Waals surface area contributed by atoms with Gasteiger partial charge >= 0.3 is 18.4 Å². The molecule has 14 nitrogen and oxygen atoms in total. The van der Waals surface area contributed by atoms with Crippen LogP contribution in [0.1, 0.15) is 78.3 Å². The largest absolute Gasteiger partial charge is 0.465 e. The maximum absolute atomic E-state index is 14.5. The number of carbonyl (C=O) groups is 4. The SMILES string of the molecule is COC(=O)N[C@@H](C(=O)N1CCC[C@H]1c1ncc(-c2ccc(-c3ccc(-c4nc([C@@H]5CCCN5C(=O)[C@H](NC(=O)O)c5ccccc5)[nH]c4C(F)(F)F)cc3)cc2)[nH]1)c1ccccc1. The number of hydrogen-bond acceptors (Lipinski definition) is 7. The van der Waals surface area contributed by atoms with Crippen LogP contribution in [0.15, 0.2) is 115 Å². The van der Waals surface area contributed by atoms with Gasteiger partial charge in [-0.25, -0.2) is 19.6 Å². The number of carbonyl (C=O) groups excluding carboxylic acids is 3. The summed E-state index contributed by atoms with van der Waals surface area (Å²) in [4.78, 5) is 69.6. The standard InChI is InChI=1S/C46H43F3N8O6/c1-63-45(62)54-38(31-12-6-3-7-13-31)43(59)56-24-8-14-34(56)40-50-26-33(51-40)29-20-16-27(17-21-29)28-18-22-32(23-19-28)36-39(46(47,48)49)55-41(52-36)35-15-9-25-57(35)42(58)37(53-44(60)61)30-10-4-2-5-11-30/h2-7,10-13,16-23,26,34-35,37-38,53H,8-9,14-15,24-25H2,1H3,(H,50,51)(H,52,55)(H,54,62)(H,60,61)/t34-,35-,37+,38+/m0/s1. The highest BCUT2D eigenvalue weighted by atomic mass is 19.4. The summed E-state index contributed by atoms with van der Waals surface area (Å²) in [7, 11) is 1.24. The molecule has 4 amide bonds. The molecule has 0 aliphatic carbocycles.